The highest BCUT2D eigenvalue weighted by Gasteiger charge is 2.34. The van der Waals surface area contributed by atoms with Gasteiger partial charge in [-0.2, -0.15) is 0 Å². The van der Waals surface area contributed by atoms with Gasteiger partial charge >= 0.3 is 0 Å². The highest BCUT2D eigenvalue weighted by atomic mass is 16.5. The number of benzene rings is 1. The number of carbonyl (C=O) groups excluding carboxylic acids is 1. The van der Waals surface area contributed by atoms with Crippen LogP contribution in [0.1, 0.15) is 51.1 Å². The molecule has 1 amide bonds. The van der Waals surface area contributed by atoms with Crippen molar-refractivity contribution >= 4 is 11.9 Å². The maximum Gasteiger partial charge on any atom is 0.223 e. The summed E-state index contributed by atoms with van der Waals surface area (Å²) in [6.07, 6.45) is 3.93. The van der Waals surface area contributed by atoms with Crippen molar-refractivity contribution < 1.29 is 9.53 Å². The Balaban J connectivity index is 1.56. The third-order valence-corrected chi connectivity index (χ3v) is 5.82. The Labute approximate surface area is 180 Å². The summed E-state index contributed by atoms with van der Waals surface area (Å²) in [5.41, 5.74) is 1.19. The number of amides is 1. The molecule has 1 aliphatic heterocycles. The molecule has 1 saturated carbocycles. The quantitative estimate of drug-likeness (QED) is 0.267. The van der Waals surface area contributed by atoms with E-state index in [9.17, 15) is 4.79 Å². The van der Waals surface area contributed by atoms with E-state index in [4.69, 9.17) is 9.73 Å². The summed E-state index contributed by atoms with van der Waals surface area (Å²) >= 11 is 0. The Morgan fingerprint density at radius 3 is 2.50 bits per heavy atom. The third kappa shape index (κ3) is 6.99. The zero-order chi connectivity index (χ0) is 21.2. The minimum atomic E-state index is -0.0873. The van der Waals surface area contributed by atoms with Crippen LogP contribution in [0.3, 0.4) is 0 Å². The van der Waals surface area contributed by atoms with Gasteiger partial charge in [0.15, 0.2) is 5.96 Å². The van der Waals surface area contributed by atoms with E-state index < -0.39 is 0 Å². The topological polar surface area (TPSA) is 86.8 Å². The molecule has 4 N–H and O–H groups in total. The van der Waals surface area contributed by atoms with Gasteiger partial charge in [-0.1, -0.05) is 30.3 Å². The van der Waals surface area contributed by atoms with E-state index in [1.165, 1.54) is 5.56 Å². The Kier molecular flexibility index (Phi) is 8.51. The van der Waals surface area contributed by atoms with Crippen LogP contribution in [0.15, 0.2) is 35.3 Å². The van der Waals surface area contributed by atoms with E-state index >= 15 is 0 Å². The predicted octanol–water partition coefficient (Wildman–Crippen LogP) is 1.97. The predicted molar refractivity (Wildman–Crippen MR) is 120 cm³/mol. The minimum absolute atomic E-state index is 0.0873. The van der Waals surface area contributed by atoms with Gasteiger partial charge in [0.25, 0.3) is 0 Å². The van der Waals surface area contributed by atoms with Gasteiger partial charge in [0.1, 0.15) is 0 Å². The molecular formula is C23H37N5O2. The molecule has 7 heteroatoms. The molecule has 1 aliphatic carbocycles. The molecule has 1 atom stereocenters. The van der Waals surface area contributed by atoms with Gasteiger partial charge in [-0.05, 0) is 45.1 Å². The summed E-state index contributed by atoms with van der Waals surface area (Å²) in [6, 6.07) is 10.8. The lowest BCUT2D eigenvalue weighted by atomic mass is 9.88. The number of rotatable bonds is 10. The van der Waals surface area contributed by atoms with Crippen molar-refractivity contribution in [1.29, 1.82) is 0 Å². The third-order valence-electron chi connectivity index (χ3n) is 5.82. The highest BCUT2D eigenvalue weighted by molar-refractivity contribution is 5.81. The van der Waals surface area contributed by atoms with Gasteiger partial charge in [-0.15, -0.1) is 0 Å². The average molecular weight is 416 g/mol. The van der Waals surface area contributed by atoms with E-state index in [1.807, 2.05) is 6.07 Å². The van der Waals surface area contributed by atoms with E-state index in [1.54, 1.807) is 0 Å². The maximum absolute atomic E-state index is 11.8. The van der Waals surface area contributed by atoms with Crippen LogP contribution in [0.25, 0.3) is 0 Å². The average Bonchev–Trinajstić information content (AvgIpc) is 3.62. The fraction of sp³-hybridized carbons (Fsp3) is 0.652. The molecule has 2 aliphatic rings. The summed E-state index contributed by atoms with van der Waals surface area (Å²) < 4.78 is 5.63. The normalized spacial score (nSPS) is 19.7. The molecular weight excluding hydrogens is 378 g/mol. The van der Waals surface area contributed by atoms with Crippen LogP contribution < -0.4 is 21.3 Å². The Morgan fingerprint density at radius 2 is 1.83 bits per heavy atom. The fourth-order valence-corrected chi connectivity index (χ4v) is 3.82. The molecule has 2 fully saturated rings. The summed E-state index contributed by atoms with van der Waals surface area (Å²) in [4.78, 5) is 16.6. The smallest absolute Gasteiger partial charge is 0.223 e. The van der Waals surface area contributed by atoms with Crippen LogP contribution in [-0.2, 0) is 9.53 Å². The van der Waals surface area contributed by atoms with E-state index in [0.29, 0.717) is 19.6 Å². The fourth-order valence-electron chi connectivity index (χ4n) is 3.82. The van der Waals surface area contributed by atoms with E-state index in [-0.39, 0.29) is 23.4 Å². The van der Waals surface area contributed by atoms with Gasteiger partial charge in [-0.25, -0.2) is 0 Å². The summed E-state index contributed by atoms with van der Waals surface area (Å²) in [7, 11) is 0. The number of aliphatic imine (C=N–C) groups is 1. The standard InChI is InChI=1S/C23H37N5O2/c1-3-24-22(26-14-13-25-21(29)20-9-10-20)27-17-23(11-15-30-16-12-23)28-18(2)19-7-5-4-6-8-19/h4-8,18,20,28H,3,9-17H2,1-2H3,(H,25,29)(H2,24,26,27). The second-order valence-electron chi connectivity index (χ2n) is 8.36. The molecule has 166 valence electrons. The SMILES string of the molecule is CCNC(=NCC1(NC(C)c2ccccc2)CCOCC1)NCCNC(=O)C1CC1. The molecule has 1 aromatic carbocycles. The van der Waals surface area contributed by atoms with Crippen molar-refractivity contribution in [3.05, 3.63) is 35.9 Å². The molecule has 1 unspecified atom stereocenters. The summed E-state index contributed by atoms with van der Waals surface area (Å²) in [5.74, 6) is 1.22. The number of ether oxygens (including phenoxy) is 1. The molecule has 7 nitrogen and oxygen atoms in total. The van der Waals surface area contributed by atoms with Gasteiger partial charge in [-0.3, -0.25) is 9.79 Å². The second kappa shape index (κ2) is 11.3. The Bertz CT molecular complexity index is 684. The van der Waals surface area contributed by atoms with Gasteiger partial charge in [0.2, 0.25) is 5.91 Å². The van der Waals surface area contributed by atoms with Gasteiger partial charge in [0.05, 0.1) is 6.54 Å². The number of guanidine groups is 1. The lowest BCUT2D eigenvalue weighted by Gasteiger charge is -2.39. The summed E-state index contributed by atoms with van der Waals surface area (Å²) in [5, 5.41) is 13.5. The zero-order valence-corrected chi connectivity index (χ0v) is 18.4. The molecule has 1 heterocycles. The largest absolute Gasteiger partial charge is 0.381 e. The first kappa shape index (κ1) is 22.6. The number of carbonyl (C=O) groups is 1. The van der Waals surface area contributed by atoms with E-state index in [0.717, 1.165) is 51.4 Å². The van der Waals surface area contributed by atoms with Crippen molar-refractivity contribution in [2.24, 2.45) is 10.9 Å². The van der Waals surface area contributed by atoms with Crippen molar-refractivity contribution in [2.75, 3.05) is 39.4 Å². The van der Waals surface area contributed by atoms with Gasteiger partial charge < -0.3 is 26.0 Å². The number of nitrogens with one attached hydrogen (secondary N) is 4. The molecule has 0 spiro atoms. The molecule has 0 bridgehead atoms. The lowest BCUT2D eigenvalue weighted by Crippen LogP contribution is -2.53. The van der Waals surface area contributed by atoms with Gasteiger partial charge in [0, 0.05) is 50.3 Å². The number of nitrogens with zero attached hydrogens (tertiary/aromatic N) is 1. The van der Waals surface area contributed by atoms with Crippen molar-refractivity contribution in [1.82, 2.24) is 21.3 Å². The van der Waals surface area contributed by atoms with Crippen molar-refractivity contribution in [2.45, 2.75) is 51.1 Å². The summed E-state index contributed by atoms with van der Waals surface area (Å²) in [6.45, 7) is 8.52. The molecule has 1 aromatic rings. The molecule has 0 aromatic heterocycles. The first-order chi connectivity index (χ1) is 14.6. The van der Waals surface area contributed by atoms with Crippen LogP contribution in [0.4, 0.5) is 0 Å². The van der Waals surface area contributed by atoms with Crippen LogP contribution in [0.2, 0.25) is 0 Å². The second-order valence-corrected chi connectivity index (χ2v) is 8.36. The zero-order valence-electron chi connectivity index (χ0n) is 18.4. The van der Waals surface area contributed by atoms with Crippen molar-refractivity contribution in [3.63, 3.8) is 0 Å². The maximum atomic E-state index is 11.8. The van der Waals surface area contributed by atoms with Crippen LogP contribution in [0, 0.1) is 5.92 Å². The number of hydrogen-bond acceptors (Lipinski definition) is 4. The number of hydrogen-bond donors (Lipinski definition) is 4. The first-order valence-electron chi connectivity index (χ1n) is 11.3. The molecule has 30 heavy (non-hydrogen) atoms. The Morgan fingerprint density at radius 1 is 1.13 bits per heavy atom. The monoisotopic (exact) mass is 415 g/mol. The molecule has 0 radical (unpaired) electrons. The van der Waals surface area contributed by atoms with Crippen LogP contribution in [-0.4, -0.2) is 56.8 Å². The first-order valence-corrected chi connectivity index (χ1v) is 11.3. The van der Waals surface area contributed by atoms with Crippen LogP contribution in [0.5, 0.6) is 0 Å². The minimum Gasteiger partial charge on any atom is -0.381 e. The van der Waals surface area contributed by atoms with Crippen molar-refractivity contribution in [3.8, 4) is 0 Å². The van der Waals surface area contributed by atoms with E-state index in [2.05, 4.69) is 59.4 Å². The van der Waals surface area contributed by atoms with Crippen LogP contribution >= 0.6 is 0 Å². The Hall–Kier alpha value is -2.12. The molecule has 3 rings (SSSR count). The highest BCUT2D eigenvalue weighted by Crippen LogP contribution is 2.28. The lowest BCUT2D eigenvalue weighted by molar-refractivity contribution is -0.122. The molecule has 1 saturated heterocycles.